The fraction of sp³-hybridized carbons (Fsp3) is 0.533. The van der Waals surface area contributed by atoms with E-state index in [1.54, 1.807) is 7.05 Å². The number of amides is 1. The smallest absolute Gasteiger partial charge is 0.237 e. The predicted octanol–water partition coefficient (Wildman–Crippen LogP) is 1.93. The van der Waals surface area contributed by atoms with Gasteiger partial charge in [-0.15, -0.1) is 0 Å². The van der Waals surface area contributed by atoms with Gasteiger partial charge in [0.1, 0.15) is 0 Å². The molecule has 0 saturated carbocycles. The van der Waals surface area contributed by atoms with Gasteiger partial charge in [-0.05, 0) is 44.0 Å². The van der Waals surface area contributed by atoms with Gasteiger partial charge in [0, 0.05) is 18.8 Å². The van der Waals surface area contributed by atoms with Gasteiger partial charge in [-0.3, -0.25) is 9.69 Å². The van der Waals surface area contributed by atoms with Crippen LogP contribution >= 0.6 is 0 Å². The highest BCUT2D eigenvalue weighted by Crippen LogP contribution is 2.29. The minimum Gasteiger partial charge on any atom is -0.399 e. The first-order valence-electron chi connectivity index (χ1n) is 6.96. The molecule has 4 nitrogen and oxygen atoms in total. The number of piperidine rings is 1. The second-order valence-electron chi connectivity index (χ2n) is 5.21. The Hall–Kier alpha value is -1.55. The monoisotopic (exact) mass is 261 g/mol. The number of carbonyl (C=O) groups is 1. The molecule has 2 atom stereocenters. The van der Waals surface area contributed by atoms with Crippen LogP contribution in [0.3, 0.4) is 0 Å². The summed E-state index contributed by atoms with van der Waals surface area (Å²) in [5.74, 6) is 0.121. The number of hydrogen-bond acceptors (Lipinski definition) is 3. The van der Waals surface area contributed by atoms with Crippen LogP contribution in [-0.2, 0) is 4.79 Å². The predicted molar refractivity (Wildman–Crippen MR) is 77.7 cm³/mol. The molecule has 0 bridgehead atoms. The van der Waals surface area contributed by atoms with E-state index in [2.05, 4.69) is 23.2 Å². The van der Waals surface area contributed by atoms with Crippen molar-refractivity contribution in [3.8, 4) is 0 Å². The molecular formula is C15H23N3O. The summed E-state index contributed by atoms with van der Waals surface area (Å²) in [6.45, 7) is 3.12. The first-order valence-corrected chi connectivity index (χ1v) is 6.96. The molecule has 19 heavy (non-hydrogen) atoms. The van der Waals surface area contributed by atoms with Crippen LogP contribution in [0.15, 0.2) is 24.3 Å². The van der Waals surface area contributed by atoms with Gasteiger partial charge >= 0.3 is 0 Å². The average molecular weight is 261 g/mol. The lowest BCUT2D eigenvalue weighted by atomic mass is 9.96. The van der Waals surface area contributed by atoms with Crippen molar-refractivity contribution in [1.29, 1.82) is 0 Å². The van der Waals surface area contributed by atoms with E-state index in [0.717, 1.165) is 31.5 Å². The van der Waals surface area contributed by atoms with Crippen LogP contribution in [0.5, 0.6) is 0 Å². The molecule has 1 aliphatic heterocycles. The van der Waals surface area contributed by atoms with Crippen LogP contribution in [0.1, 0.15) is 37.8 Å². The van der Waals surface area contributed by atoms with E-state index >= 15 is 0 Å². The molecule has 1 aliphatic rings. The van der Waals surface area contributed by atoms with Gasteiger partial charge in [0.25, 0.3) is 0 Å². The minimum absolute atomic E-state index is 0.0184. The van der Waals surface area contributed by atoms with Crippen molar-refractivity contribution in [3.05, 3.63) is 29.8 Å². The number of rotatable bonds is 3. The first kappa shape index (κ1) is 13.9. The number of likely N-dealkylation sites (N-methyl/N-ethyl adjacent to an activating group) is 1. The highest BCUT2D eigenvalue weighted by molar-refractivity contribution is 5.81. The number of likely N-dealkylation sites (tertiary alicyclic amines) is 1. The highest BCUT2D eigenvalue weighted by atomic mass is 16.2. The Bertz CT molecular complexity index is 447. The first-order chi connectivity index (χ1) is 9.13. The number of nitrogens with two attached hydrogens (primary N) is 1. The van der Waals surface area contributed by atoms with Crippen LogP contribution in [0.4, 0.5) is 5.69 Å². The summed E-state index contributed by atoms with van der Waals surface area (Å²) in [6, 6.07) is 8.14. The molecule has 2 rings (SSSR count). The van der Waals surface area contributed by atoms with Crippen molar-refractivity contribution in [2.24, 2.45) is 0 Å². The maximum Gasteiger partial charge on any atom is 0.237 e. The van der Waals surface area contributed by atoms with Crippen molar-refractivity contribution in [2.75, 3.05) is 19.3 Å². The molecule has 0 spiro atoms. The molecule has 1 saturated heterocycles. The van der Waals surface area contributed by atoms with E-state index in [4.69, 9.17) is 5.73 Å². The molecule has 0 aromatic heterocycles. The quantitative estimate of drug-likeness (QED) is 0.817. The van der Waals surface area contributed by atoms with Gasteiger partial charge in [0.05, 0.1) is 6.04 Å². The molecule has 1 amide bonds. The second-order valence-corrected chi connectivity index (χ2v) is 5.21. The number of hydrogen-bond donors (Lipinski definition) is 2. The van der Waals surface area contributed by atoms with Crippen molar-refractivity contribution in [3.63, 3.8) is 0 Å². The number of benzene rings is 1. The SMILES string of the molecule is CNC(=O)C1CCCCN1C(C)c1cccc(N)c1. The number of nitrogens with one attached hydrogen (secondary N) is 1. The zero-order valence-electron chi connectivity index (χ0n) is 11.7. The van der Waals surface area contributed by atoms with Gasteiger partial charge in [-0.25, -0.2) is 0 Å². The van der Waals surface area contributed by atoms with E-state index in [9.17, 15) is 4.79 Å². The summed E-state index contributed by atoms with van der Waals surface area (Å²) < 4.78 is 0. The van der Waals surface area contributed by atoms with Crippen LogP contribution in [0.2, 0.25) is 0 Å². The third kappa shape index (κ3) is 3.07. The third-order valence-corrected chi connectivity index (χ3v) is 3.98. The Morgan fingerprint density at radius 3 is 2.95 bits per heavy atom. The van der Waals surface area contributed by atoms with Gasteiger partial charge < -0.3 is 11.1 Å². The lowest BCUT2D eigenvalue weighted by Gasteiger charge is -2.39. The largest absolute Gasteiger partial charge is 0.399 e. The number of anilines is 1. The normalized spacial score (nSPS) is 21.9. The summed E-state index contributed by atoms with van der Waals surface area (Å²) >= 11 is 0. The highest BCUT2D eigenvalue weighted by Gasteiger charge is 2.31. The van der Waals surface area contributed by atoms with E-state index in [1.807, 2.05) is 18.2 Å². The van der Waals surface area contributed by atoms with Crippen LogP contribution in [0, 0.1) is 0 Å². The standard InChI is InChI=1S/C15H23N3O/c1-11(12-6-5-7-13(16)10-12)18-9-4-3-8-14(18)15(19)17-2/h5-7,10-11,14H,3-4,8-9,16H2,1-2H3,(H,17,19). The minimum atomic E-state index is -0.0184. The Balaban J connectivity index is 2.19. The van der Waals surface area contributed by atoms with E-state index in [-0.39, 0.29) is 18.0 Å². The van der Waals surface area contributed by atoms with Gasteiger partial charge in [-0.1, -0.05) is 18.6 Å². The van der Waals surface area contributed by atoms with Gasteiger partial charge in [0.15, 0.2) is 0 Å². The molecule has 3 N–H and O–H groups in total. The lowest BCUT2D eigenvalue weighted by molar-refractivity contribution is -0.128. The topological polar surface area (TPSA) is 58.4 Å². The van der Waals surface area contributed by atoms with Crippen molar-refractivity contribution >= 4 is 11.6 Å². The summed E-state index contributed by atoms with van der Waals surface area (Å²) in [7, 11) is 1.71. The number of carbonyl (C=O) groups excluding carboxylic acids is 1. The van der Waals surface area contributed by atoms with Crippen molar-refractivity contribution in [1.82, 2.24) is 10.2 Å². The third-order valence-electron chi connectivity index (χ3n) is 3.98. The molecule has 1 aromatic carbocycles. The van der Waals surface area contributed by atoms with E-state index in [1.165, 1.54) is 5.56 Å². The molecule has 0 aliphatic carbocycles. The summed E-state index contributed by atoms with van der Waals surface area (Å²) in [4.78, 5) is 14.3. The lowest BCUT2D eigenvalue weighted by Crippen LogP contribution is -2.49. The van der Waals surface area contributed by atoms with Crippen molar-refractivity contribution in [2.45, 2.75) is 38.3 Å². The molecular weight excluding hydrogens is 238 g/mol. The fourth-order valence-electron chi connectivity index (χ4n) is 2.88. The maximum atomic E-state index is 12.0. The Morgan fingerprint density at radius 1 is 1.47 bits per heavy atom. The van der Waals surface area contributed by atoms with Gasteiger partial charge in [0.2, 0.25) is 5.91 Å². The molecule has 2 unspecified atom stereocenters. The van der Waals surface area contributed by atoms with Gasteiger partial charge in [-0.2, -0.15) is 0 Å². The fourth-order valence-corrected chi connectivity index (χ4v) is 2.88. The Labute approximate surface area is 115 Å². The number of nitrogens with zero attached hydrogens (tertiary/aromatic N) is 1. The molecule has 1 heterocycles. The zero-order chi connectivity index (χ0) is 13.8. The maximum absolute atomic E-state index is 12.0. The summed E-state index contributed by atoms with van der Waals surface area (Å²) in [5.41, 5.74) is 7.80. The molecule has 4 heteroatoms. The van der Waals surface area contributed by atoms with Crippen molar-refractivity contribution < 1.29 is 4.79 Å². The Kier molecular flexibility index (Phi) is 4.43. The molecule has 1 fully saturated rings. The van der Waals surface area contributed by atoms with Crippen LogP contribution < -0.4 is 11.1 Å². The molecule has 1 aromatic rings. The zero-order valence-corrected chi connectivity index (χ0v) is 11.7. The van der Waals surface area contributed by atoms with E-state index < -0.39 is 0 Å². The van der Waals surface area contributed by atoms with Crippen LogP contribution in [0.25, 0.3) is 0 Å². The summed E-state index contributed by atoms with van der Waals surface area (Å²) in [5, 5.41) is 2.78. The molecule has 0 radical (unpaired) electrons. The molecule has 104 valence electrons. The summed E-state index contributed by atoms with van der Waals surface area (Å²) in [6.07, 6.45) is 3.21. The average Bonchev–Trinajstić information content (AvgIpc) is 2.45. The second kappa shape index (κ2) is 6.06. The number of nitrogen functional groups attached to an aromatic ring is 1. The Morgan fingerprint density at radius 2 is 2.26 bits per heavy atom. The van der Waals surface area contributed by atoms with Crippen LogP contribution in [-0.4, -0.2) is 30.4 Å². The van der Waals surface area contributed by atoms with E-state index in [0.29, 0.717) is 0 Å².